The van der Waals surface area contributed by atoms with Crippen LogP contribution in [0.1, 0.15) is 67.2 Å². The first-order valence-corrected chi connectivity index (χ1v) is 14.9. The van der Waals surface area contributed by atoms with Crippen molar-refractivity contribution in [3.05, 3.63) is 91.4 Å². The van der Waals surface area contributed by atoms with E-state index in [2.05, 4.69) is 0 Å². The number of nitrogens with zero attached hydrogens (tertiary/aromatic N) is 4. The molecule has 5 aliphatic rings. The van der Waals surface area contributed by atoms with E-state index in [1.165, 1.54) is 21.1 Å². The summed E-state index contributed by atoms with van der Waals surface area (Å²) in [5, 5.41) is 10.7. The van der Waals surface area contributed by atoms with Crippen LogP contribution in [-0.2, 0) is 28.6 Å². The largest absolute Gasteiger partial charge is 0.512 e. The first-order valence-electron chi connectivity index (χ1n) is 14.9. The Hall–Kier alpha value is -5.19. The van der Waals surface area contributed by atoms with Crippen LogP contribution in [0.2, 0.25) is 0 Å². The van der Waals surface area contributed by atoms with E-state index in [-0.39, 0.29) is 48.1 Å². The van der Waals surface area contributed by atoms with Crippen molar-refractivity contribution in [3.8, 4) is 0 Å². The third-order valence-electron chi connectivity index (χ3n) is 8.49. The lowest BCUT2D eigenvalue weighted by molar-refractivity contribution is -0.141. The second-order valence-corrected chi connectivity index (χ2v) is 11.4. The van der Waals surface area contributed by atoms with Crippen LogP contribution >= 0.6 is 0 Å². The molecule has 0 aromatic rings. The molecule has 8 bridgehead atoms. The Labute approximate surface area is 267 Å². The van der Waals surface area contributed by atoms with Crippen LogP contribution in [0.3, 0.4) is 0 Å². The lowest BCUT2D eigenvalue weighted by atomic mass is 9.98. The number of carbonyl (C=O) groups excluding carboxylic acids is 3. The highest BCUT2D eigenvalue weighted by Gasteiger charge is 2.32. The molecule has 0 unspecified atom stereocenters. The molecule has 5 rings (SSSR count). The number of ether oxygens (including phenoxy) is 3. The SMILES string of the molecule is COC(=O)CCC1=C(C)C2=CC3=NC(=CC4=C(C)C(=C(C)O)C(=N4)C=C4N=C(OC1=N2)C(CCC(=O)OC)=C4C)C(C(C)=O)=C3C. The number of esters is 2. The summed E-state index contributed by atoms with van der Waals surface area (Å²) >= 11 is 0. The number of aliphatic hydroxyl groups excluding tert-OH is 1. The number of hydrogen-bond donors (Lipinski definition) is 1. The molecular formula is C35H36N4O7. The maximum absolute atomic E-state index is 12.9. The number of Topliss-reactive ketones (excluding diaryl/α,β-unsaturated/α-hetero) is 1. The molecule has 46 heavy (non-hydrogen) atoms. The molecule has 0 aliphatic carbocycles. The average molecular weight is 625 g/mol. The van der Waals surface area contributed by atoms with E-state index in [0.29, 0.717) is 74.9 Å². The number of rotatable bonds is 7. The molecule has 0 spiro atoms. The molecule has 11 nitrogen and oxygen atoms in total. The molecule has 5 heterocycles. The Morgan fingerprint density at radius 3 is 1.70 bits per heavy atom. The summed E-state index contributed by atoms with van der Waals surface area (Å²) in [6, 6.07) is 0. The molecule has 5 aliphatic heterocycles. The van der Waals surface area contributed by atoms with Crippen LogP contribution in [0.4, 0.5) is 0 Å². The van der Waals surface area contributed by atoms with Crippen molar-refractivity contribution >= 4 is 40.9 Å². The molecule has 0 atom stereocenters. The first kappa shape index (κ1) is 32.2. The van der Waals surface area contributed by atoms with Gasteiger partial charge in [0.15, 0.2) is 5.78 Å². The minimum atomic E-state index is -0.378. The highest BCUT2D eigenvalue weighted by Crippen LogP contribution is 2.38. The van der Waals surface area contributed by atoms with Crippen LogP contribution in [0.25, 0.3) is 0 Å². The molecule has 0 radical (unpaired) electrons. The first-order chi connectivity index (χ1) is 21.8. The van der Waals surface area contributed by atoms with Crippen molar-refractivity contribution in [2.24, 2.45) is 20.0 Å². The lowest BCUT2D eigenvalue weighted by Gasteiger charge is -2.12. The topological polar surface area (TPSA) is 149 Å². The van der Waals surface area contributed by atoms with E-state index in [1.54, 1.807) is 25.2 Å². The summed E-state index contributed by atoms with van der Waals surface area (Å²) in [5.74, 6) is -0.308. The molecule has 0 fully saturated rings. The zero-order valence-electron chi connectivity index (χ0n) is 27.2. The normalized spacial score (nSPS) is 20.1. The van der Waals surface area contributed by atoms with Gasteiger partial charge in [-0.05, 0) is 94.9 Å². The van der Waals surface area contributed by atoms with Crippen molar-refractivity contribution in [2.45, 2.75) is 67.2 Å². The van der Waals surface area contributed by atoms with Crippen LogP contribution in [0.5, 0.6) is 0 Å². The van der Waals surface area contributed by atoms with Crippen molar-refractivity contribution in [2.75, 3.05) is 14.2 Å². The summed E-state index contributed by atoms with van der Waals surface area (Å²) in [6.07, 6.45) is 6.11. The number of hydrogen-bond acceptors (Lipinski definition) is 11. The van der Waals surface area contributed by atoms with Gasteiger partial charge in [-0.2, -0.15) is 0 Å². The standard InChI is InChI=1S/C35H36N4O7/c1-16-22(9-11-30(42)44-7)34-38-24(16)13-26-18(3)32(20(5)40)29(36-26)15-27-19(4)33(21(6)41)28(37-27)14-25-17(2)23(35(39-25)46-34)10-12-31(43)45-8/h13-15,41H,9-12H2,1-8H3. The zero-order valence-corrected chi connectivity index (χ0v) is 27.2. The van der Waals surface area contributed by atoms with Crippen LogP contribution in [-0.4, -0.2) is 60.3 Å². The lowest BCUT2D eigenvalue weighted by Crippen LogP contribution is -2.16. The van der Waals surface area contributed by atoms with Crippen LogP contribution in [0, 0.1) is 0 Å². The fraction of sp³-hybridized carbons (Fsp3) is 0.343. The second kappa shape index (κ2) is 12.7. The Bertz CT molecular complexity index is 1880. The number of aliphatic hydroxyl groups is 1. The van der Waals surface area contributed by atoms with Gasteiger partial charge in [-0.15, -0.1) is 0 Å². The number of allylic oxidation sites excluding steroid dienone is 10. The van der Waals surface area contributed by atoms with Gasteiger partial charge in [0.1, 0.15) is 0 Å². The number of methoxy groups -OCH3 is 2. The molecule has 0 amide bonds. The minimum Gasteiger partial charge on any atom is -0.512 e. The van der Waals surface area contributed by atoms with Crippen molar-refractivity contribution in [1.82, 2.24) is 0 Å². The van der Waals surface area contributed by atoms with E-state index in [4.69, 9.17) is 34.2 Å². The molecule has 0 saturated heterocycles. The van der Waals surface area contributed by atoms with Crippen LogP contribution < -0.4 is 0 Å². The van der Waals surface area contributed by atoms with E-state index in [0.717, 1.165) is 16.7 Å². The highest BCUT2D eigenvalue weighted by atomic mass is 16.5. The van der Waals surface area contributed by atoms with E-state index < -0.39 is 0 Å². The van der Waals surface area contributed by atoms with Gasteiger partial charge in [-0.25, -0.2) is 20.0 Å². The fourth-order valence-electron chi connectivity index (χ4n) is 5.90. The van der Waals surface area contributed by atoms with Gasteiger partial charge in [0.25, 0.3) is 0 Å². The number of ketones is 1. The van der Waals surface area contributed by atoms with Gasteiger partial charge < -0.3 is 19.3 Å². The third-order valence-corrected chi connectivity index (χ3v) is 8.49. The molecule has 0 saturated carbocycles. The summed E-state index contributed by atoms with van der Waals surface area (Å²) in [7, 11) is 2.67. The van der Waals surface area contributed by atoms with Gasteiger partial charge >= 0.3 is 11.9 Å². The maximum atomic E-state index is 12.9. The number of carbonyl (C=O) groups is 3. The van der Waals surface area contributed by atoms with Crippen molar-refractivity contribution in [1.29, 1.82) is 0 Å². The molecule has 0 aromatic carbocycles. The summed E-state index contributed by atoms with van der Waals surface area (Å²) in [4.78, 5) is 56.4. The summed E-state index contributed by atoms with van der Waals surface area (Å²) in [5.41, 5.74) is 8.48. The third kappa shape index (κ3) is 5.92. The molecule has 11 heteroatoms. The van der Waals surface area contributed by atoms with Crippen LogP contribution in [0.15, 0.2) is 111 Å². The quantitative estimate of drug-likeness (QED) is 0.272. The number of aliphatic imine (C=N–C) groups is 4. The Morgan fingerprint density at radius 1 is 0.696 bits per heavy atom. The predicted molar refractivity (Wildman–Crippen MR) is 174 cm³/mol. The highest BCUT2D eigenvalue weighted by molar-refractivity contribution is 6.20. The van der Waals surface area contributed by atoms with E-state index >= 15 is 0 Å². The molecule has 1 N–H and O–H groups in total. The van der Waals surface area contributed by atoms with Gasteiger partial charge in [0, 0.05) is 35.1 Å². The molecular weight excluding hydrogens is 588 g/mol. The number of fused-ring (bicyclic) bond motifs is 4. The Kier molecular flexibility index (Phi) is 8.87. The van der Waals surface area contributed by atoms with Gasteiger partial charge in [-0.3, -0.25) is 14.4 Å². The van der Waals surface area contributed by atoms with Gasteiger partial charge in [-0.1, -0.05) is 0 Å². The molecule has 0 aromatic heterocycles. The summed E-state index contributed by atoms with van der Waals surface area (Å²) in [6.45, 7) is 10.5. The second-order valence-electron chi connectivity index (χ2n) is 11.4. The Balaban J connectivity index is 1.75. The van der Waals surface area contributed by atoms with Gasteiger partial charge in [0.05, 0.1) is 54.2 Å². The van der Waals surface area contributed by atoms with E-state index in [9.17, 15) is 19.5 Å². The smallest absolute Gasteiger partial charge is 0.305 e. The average Bonchev–Trinajstić information content (AvgIpc) is 3.67. The fourth-order valence-corrected chi connectivity index (χ4v) is 5.90. The Morgan fingerprint density at radius 2 is 1.22 bits per heavy atom. The van der Waals surface area contributed by atoms with Crippen molar-refractivity contribution < 1.29 is 33.7 Å². The minimum absolute atomic E-state index is 0.0757. The van der Waals surface area contributed by atoms with Gasteiger partial charge in [0.2, 0.25) is 11.8 Å². The monoisotopic (exact) mass is 624 g/mol. The van der Waals surface area contributed by atoms with Crippen molar-refractivity contribution in [3.63, 3.8) is 0 Å². The zero-order chi connectivity index (χ0) is 33.4. The molecule has 238 valence electrons. The van der Waals surface area contributed by atoms with E-state index in [1.807, 2.05) is 27.7 Å². The maximum Gasteiger partial charge on any atom is 0.305 e. The predicted octanol–water partition coefficient (Wildman–Crippen LogP) is 5.95. The summed E-state index contributed by atoms with van der Waals surface area (Å²) < 4.78 is 16.2.